The average Bonchev–Trinajstić information content (AvgIpc) is 2.83. The maximum absolute atomic E-state index is 13.5. The quantitative estimate of drug-likeness (QED) is 0.842. The van der Waals surface area contributed by atoms with Gasteiger partial charge in [0.25, 0.3) is 0 Å². The lowest BCUT2D eigenvalue weighted by Gasteiger charge is -2.18. The van der Waals surface area contributed by atoms with Gasteiger partial charge in [-0.2, -0.15) is 0 Å². The Morgan fingerprint density at radius 2 is 1.73 bits per heavy atom. The third kappa shape index (κ3) is 3.01. The minimum atomic E-state index is -3.74. The monoisotopic (exact) mass is 374 g/mol. The molecular formula is C20H23FN2O2S. The number of halogens is 1. The molecule has 4 atom stereocenters. The van der Waals surface area contributed by atoms with Gasteiger partial charge in [0.1, 0.15) is 5.82 Å². The van der Waals surface area contributed by atoms with Crippen molar-refractivity contribution in [1.29, 1.82) is 0 Å². The maximum atomic E-state index is 13.5. The highest BCUT2D eigenvalue weighted by Crippen LogP contribution is 2.43. The van der Waals surface area contributed by atoms with E-state index in [2.05, 4.69) is 24.5 Å². The number of nitrogens with one attached hydrogen (secondary N) is 2. The molecule has 2 aromatic rings. The number of sulfone groups is 1. The van der Waals surface area contributed by atoms with Crippen molar-refractivity contribution < 1.29 is 12.8 Å². The van der Waals surface area contributed by atoms with E-state index in [-0.39, 0.29) is 15.7 Å². The van der Waals surface area contributed by atoms with Crippen molar-refractivity contribution in [3.05, 3.63) is 53.8 Å². The van der Waals surface area contributed by atoms with Crippen LogP contribution in [0.15, 0.2) is 52.3 Å². The Morgan fingerprint density at radius 3 is 2.50 bits per heavy atom. The van der Waals surface area contributed by atoms with Crippen molar-refractivity contribution in [2.45, 2.75) is 60.5 Å². The lowest BCUT2D eigenvalue weighted by atomic mass is 9.88. The maximum Gasteiger partial charge on any atom is 0.206 e. The summed E-state index contributed by atoms with van der Waals surface area (Å²) in [7, 11) is -3.74. The molecule has 1 fully saturated rings. The second-order valence-electron chi connectivity index (χ2n) is 7.51. The summed E-state index contributed by atoms with van der Waals surface area (Å²) >= 11 is 0. The zero-order chi connectivity index (χ0) is 18.5. The lowest BCUT2D eigenvalue weighted by molar-refractivity contribution is 0.468. The Morgan fingerprint density at radius 1 is 1.00 bits per heavy atom. The van der Waals surface area contributed by atoms with E-state index in [0.717, 1.165) is 30.2 Å². The van der Waals surface area contributed by atoms with E-state index in [1.165, 1.54) is 18.2 Å². The van der Waals surface area contributed by atoms with Crippen LogP contribution < -0.4 is 10.6 Å². The molecule has 0 saturated carbocycles. The number of benzene rings is 2. The van der Waals surface area contributed by atoms with E-state index in [1.54, 1.807) is 12.1 Å². The Hall–Kier alpha value is -1.92. The molecule has 4 nitrogen and oxygen atoms in total. The molecule has 138 valence electrons. The summed E-state index contributed by atoms with van der Waals surface area (Å²) in [5.74, 6) is -0.272. The van der Waals surface area contributed by atoms with Crippen molar-refractivity contribution in [2.24, 2.45) is 0 Å². The van der Waals surface area contributed by atoms with Gasteiger partial charge in [-0.15, -0.1) is 0 Å². The molecule has 2 aliphatic rings. The molecule has 1 saturated heterocycles. The summed E-state index contributed by atoms with van der Waals surface area (Å²) in [6.45, 7) is 4.35. The number of fused-ring (bicyclic) bond motifs is 3. The van der Waals surface area contributed by atoms with Crippen LogP contribution in [-0.4, -0.2) is 26.5 Å². The third-order valence-electron chi connectivity index (χ3n) is 5.45. The molecular weight excluding hydrogens is 351 g/mol. The van der Waals surface area contributed by atoms with Gasteiger partial charge in [-0.05, 0) is 68.7 Å². The van der Waals surface area contributed by atoms with Crippen molar-refractivity contribution in [1.82, 2.24) is 5.32 Å². The summed E-state index contributed by atoms with van der Waals surface area (Å²) in [4.78, 5) is 0.215. The van der Waals surface area contributed by atoms with Crippen LogP contribution in [0.5, 0.6) is 0 Å². The second-order valence-corrected chi connectivity index (χ2v) is 9.46. The summed E-state index contributed by atoms with van der Waals surface area (Å²) < 4.78 is 39.4. The first-order valence-electron chi connectivity index (χ1n) is 9.02. The van der Waals surface area contributed by atoms with E-state index in [0.29, 0.717) is 18.1 Å². The van der Waals surface area contributed by atoms with Gasteiger partial charge in [0, 0.05) is 29.7 Å². The van der Waals surface area contributed by atoms with Crippen molar-refractivity contribution >= 4 is 15.5 Å². The highest BCUT2D eigenvalue weighted by molar-refractivity contribution is 7.91. The molecule has 0 aliphatic carbocycles. The Balaban J connectivity index is 1.74. The van der Waals surface area contributed by atoms with E-state index in [9.17, 15) is 12.8 Å². The second kappa shape index (κ2) is 6.35. The first kappa shape index (κ1) is 17.5. The zero-order valence-electron chi connectivity index (χ0n) is 14.9. The molecule has 2 heterocycles. The van der Waals surface area contributed by atoms with E-state index < -0.39 is 15.7 Å². The molecule has 0 aromatic heterocycles. The van der Waals surface area contributed by atoms with Crippen molar-refractivity contribution in [3.63, 3.8) is 0 Å². The number of hydrogen-bond donors (Lipinski definition) is 2. The molecule has 0 bridgehead atoms. The smallest absolute Gasteiger partial charge is 0.206 e. The van der Waals surface area contributed by atoms with Gasteiger partial charge in [-0.3, -0.25) is 0 Å². The Bertz CT molecular complexity index is 945. The SMILES string of the molecule is CC1C[C@H]2Nc3ccc(S(=O)(=O)c4cccc(F)c4)cc3[C@@H]2CC(C)N1. The van der Waals surface area contributed by atoms with Gasteiger partial charge >= 0.3 is 0 Å². The summed E-state index contributed by atoms with van der Waals surface area (Å²) in [5.41, 5.74) is 2.06. The predicted octanol–water partition coefficient (Wildman–Crippen LogP) is 3.70. The van der Waals surface area contributed by atoms with Gasteiger partial charge in [-0.1, -0.05) is 6.07 Å². The first-order valence-corrected chi connectivity index (χ1v) is 10.5. The normalized spacial score (nSPS) is 28.0. The molecule has 4 rings (SSSR count). The van der Waals surface area contributed by atoms with Crippen LogP contribution in [0, 0.1) is 5.82 Å². The molecule has 2 unspecified atom stereocenters. The molecule has 0 spiro atoms. The van der Waals surface area contributed by atoms with Crippen LogP contribution in [-0.2, 0) is 9.84 Å². The largest absolute Gasteiger partial charge is 0.381 e. The standard InChI is InChI=1S/C20H23FN2O2S/c1-12-8-17-18-11-16(26(24,25)15-5-3-4-14(21)10-15)6-7-19(18)23-20(17)9-13(2)22-12/h3-7,10-13,17,20,22-23H,8-9H2,1-2H3/t12?,13?,17-,20+/m0/s1. The lowest BCUT2D eigenvalue weighted by Crippen LogP contribution is -2.33. The number of hydrogen-bond acceptors (Lipinski definition) is 4. The van der Waals surface area contributed by atoms with Gasteiger partial charge in [0.2, 0.25) is 9.84 Å². The van der Waals surface area contributed by atoms with Gasteiger partial charge in [0.05, 0.1) is 9.79 Å². The van der Waals surface area contributed by atoms with Crippen LogP contribution in [0.3, 0.4) is 0 Å². The summed E-state index contributed by atoms with van der Waals surface area (Å²) in [6.07, 6.45) is 1.95. The van der Waals surface area contributed by atoms with Gasteiger partial charge < -0.3 is 10.6 Å². The van der Waals surface area contributed by atoms with E-state index >= 15 is 0 Å². The predicted molar refractivity (Wildman–Crippen MR) is 99.7 cm³/mol. The van der Waals surface area contributed by atoms with Crippen molar-refractivity contribution in [3.8, 4) is 0 Å². The third-order valence-corrected chi connectivity index (χ3v) is 7.20. The van der Waals surface area contributed by atoms with E-state index in [1.807, 2.05) is 6.07 Å². The first-order chi connectivity index (χ1) is 12.3. The minimum Gasteiger partial charge on any atom is -0.381 e. The molecule has 2 aromatic carbocycles. The number of anilines is 1. The topological polar surface area (TPSA) is 58.2 Å². The zero-order valence-corrected chi connectivity index (χ0v) is 15.7. The van der Waals surface area contributed by atoms with Crippen LogP contribution in [0.4, 0.5) is 10.1 Å². The van der Waals surface area contributed by atoms with Gasteiger partial charge in [0.15, 0.2) is 0 Å². The molecule has 2 N–H and O–H groups in total. The van der Waals surface area contributed by atoms with Crippen LogP contribution in [0.25, 0.3) is 0 Å². The molecule has 6 heteroatoms. The fourth-order valence-corrected chi connectivity index (χ4v) is 5.66. The number of rotatable bonds is 2. The highest BCUT2D eigenvalue weighted by Gasteiger charge is 2.37. The van der Waals surface area contributed by atoms with Crippen molar-refractivity contribution in [2.75, 3.05) is 5.32 Å². The molecule has 26 heavy (non-hydrogen) atoms. The van der Waals surface area contributed by atoms with Crippen LogP contribution in [0.1, 0.15) is 38.2 Å². The highest BCUT2D eigenvalue weighted by atomic mass is 32.2. The van der Waals surface area contributed by atoms with Gasteiger partial charge in [-0.25, -0.2) is 12.8 Å². The summed E-state index contributed by atoms with van der Waals surface area (Å²) in [6, 6.07) is 11.5. The fourth-order valence-electron chi connectivity index (χ4n) is 4.33. The van der Waals surface area contributed by atoms with Crippen LogP contribution in [0.2, 0.25) is 0 Å². The average molecular weight is 374 g/mol. The van der Waals surface area contributed by atoms with E-state index in [4.69, 9.17) is 0 Å². The Labute approximate surface area is 153 Å². The molecule has 0 amide bonds. The fraction of sp³-hybridized carbons (Fsp3) is 0.400. The van der Waals surface area contributed by atoms with Crippen LogP contribution >= 0.6 is 0 Å². The Kier molecular flexibility index (Phi) is 4.28. The molecule has 2 aliphatic heterocycles. The minimum absolute atomic E-state index is 0.00974. The molecule has 0 radical (unpaired) electrons. The summed E-state index contributed by atoms with van der Waals surface area (Å²) in [5, 5.41) is 7.14.